The number of hydrogen-bond acceptors (Lipinski definition) is 4. The minimum atomic E-state index is -1.44. The molecule has 1 heterocycles. The lowest BCUT2D eigenvalue weighted by Crippen LogP contribution is -2.03. The van der Waals surface area contributed by atoms with E-state index in [9.17, 15) is 19.7 Å². The van der Waals surface area contributed by atoms with Gasteiger partial charge >= 0.3 is 11.9 Å². The first-order chi connectivity index (χ1) is 8.84. The van der Waals surface area contributed by atoms with Crippen molar-refractivity contribution in [2.75, 3.05) is 0 Å². The first kappa shape index (κ1) is 12.6. The molecule has 1 aromatic heterocycles. The molecule has 0 radical (unpaired) electrons. The third kappa shape index (κ3) is 1.79. The van der Waals surface area contributed by atoms with Crippen molar-refractivity contribution < 1.29 is 24.7 Å². The van der Waals surface area contributed by atoms with Crippen LogP contribution in [0.2, 0.25) is 0 Å². The fourth-order valence-electron chi connectivity index (χ4n) is 2.00. The van der Waals surface area contributed by atoms with Crippen molar-refractivity contribution in [1.82, 2.24) is 4.98 Å². The number of carboxylic acid groups (broad SMARTS) is 2. The van der Waals surface area contributed by atoms with E-state index in [2.05, 4.69) is 4.98 Å². The van der Waals surface area contributed by atoms with Gasteiger partial charge in [-0.25, -0.2) is 9.59 Å². The topological polar surface area (TPSA) is 134 Å². The smallest absolute Gasteiger partial charge is 0.352 e. The molecule has 0 aliphatic heterocycles. The van der Waals surface area contributed by atoms with Crippen LogP contribution in [0.4, 0.5) is 5.69 Å². The van der Waals surface area contributed by atoms with Gasteiger partial charge in [-0.3, -0.25) is 10.1 Å². The van der Waals surface area contributed by atoms with Gasteiger partial charge < -0.3 is 15.2 Å². The second kappa shape index (κ2) is 4.09. The Labute approximate surface area is 105 Å². The van der Waals surface area contributed by atoms with E-state index in [0.29, 0.717) is 0 Å². The van der Waals surface area contributed by atoms with E-state index < -0.39 is 28.1 Å². The van der Waals surface area contributed by atoms with Crippen molar-refractivity contribution in [3.8, 4) is 0 Å². The predicted octanol–water partition coefficient (Wildman–Crippen LogP) is 1.78. The zero-order valence-corrected chi connectivity index (χ0v) is 9.63. The SMILES string of the molecule is Cc1c(C(=O)O)[nH]c2ccc(C(=O)O)c([N+](=O)[O-])c12. The summed E-state index contributed by atoms with van der Waals surface area (Å²) in [6.07, 6.45) is 0. The van der Waals surface area contributed by atoms with Gasteiger partial charge in [0.05, 0.1) is 15.8 Å². The lowest BCUT2D eigenvalue weighted by molar-refractivity contribution is -0.383. The number of aromatic amines is 1. The van der Waals surface area contributed by atoms with Crippen LogP contribution in [-0.2, 0) is 0 Å². The maximum absolute atomic E-state index is 11.1. The van der Waals surface area contributed by atoms with Crippen LogP contribution in [0.25, 0.3) is 10.9 Å². The van der Waals surface area contributed by atoms with Gasteiger partial charge in [0.2, 0.25) is 0 Å². The van der Waals surface area contributed by atoms with E-state index in [0.717, 1.165) is 6.07 Å². The monoisotopic (exact) mass is 264 g/mol. The number of fused-ring (bicyclic) bond motifs is 1. The normalized spacial score (nSPS) is 10.6. The largest absolute Gasteiger partial charge is 0.477 e. The van der Waals surface area contributed by atoms with Gasteiger partial charge in [-0.1, -0.05) is 0 Å². The van der Waals surface area contributed by atoms with Gasteiger partial charge in [0.1, 0.15) is 11.3 Å². The Morgan fingerprint density at radius 2 is 1.89 bits per heavy atom. The average molecular weight is 264 g/mol. The minimum Gasteiger partial charge on any atom is -0.477 e. The summed E-state index contributed by atoms with van der Waals surface area (Å²) in [6.45, 7) is 1.39. The van der Waals surface area contributed by atoms with Crippen LogP contribution in [0.15, 0.2) is 12.1 Å². The molecule has 2 aromatic rings. The molecule has 0 unspecified atom stereocenters. The number of carbonyl (C=O) groups is 2. The average Bonchev–Trinajstić information content (AvgIpc) is 2.65. The Hall–Kier alpha value is -2.90. The van der Waals surface area contributed by atoms with E-state index in [1.54, 1.807) is 0 Å². The number of nitrogens with one attached hydrogen (secondary N) is 1. The van der Waals surface area contributed by atoms with Gasteiger partial charge in [-0.05, 0) is 24.6 Å². The maximum Gasteiger partial charge on any atom is 0.352 e. The zero-order chi connectivity index (χ0) is 14.3. The number of aryl methyl sites for hydroxylation is 1. The number of aromatic carboxylic acids is 2. The van der Waals surface area contributed by atoms with Crippen molar-refractivity contribution in [2.45, 2.75) is 6.92 Å². The van der Waals surface area contributed by atoms with Crippen LogP contribution < -0.4 is 0 Å². The Kier molecular flexibility index (Phi) is 2.70. The number of carboxylic acids is 2. The summed E-state index contributed by atoms with van der Waals surface area (Å²) in [4.78, 5) is 34.7. The summed E-state index contributed by atoms with van der Waals surface area (Å²) in [5.41, 5.74) is -0.924. The van der Waals surface area contributed by atoms with Gasteiger partial charge in [-0.15, -0.1) is 0 Å². The highest BCUT2D eigenvalue weighted by Crippen LogP contribution is 2.33. The Morgan fingerprint density at radius 1 is 1.26 bits per heavy atom. The lowest BCUT2D eigenvalue weighted by Gasteiger charge is -2.00. The summed E-state index contributed by atoms with van der Waals surface area (Å²) < 4.78 is 0. The van der Waals surface area contributed by atoms with Crippen molar-refractivity contribution in [3.05, 3.63) is 39.1 Å². The van der Waals surface area contributed by atoms with Crippen LogP contribution in [0, 0.1) is 17.0 Å². The number of nitro benzene ring substituents is 1. The van der Waals surface area contributed by atoms with Gasteiger partial charge in [0.25, 0.3) is 5.69 Å². The summed E-state index contributed by atoms with van der Waals surface area (Å²) in [5, 5.41) is 29.0. The molecule has 0 spiro atoms. The van der Waals surface area contributed by atoms with E-state index in [-0.39, 0.29) is 22.2 Å². The van der Waals surface area contributed by atoms with Gasteiger partial charge in [0, 0.05) is 0 Å². The quantitative estimate of drug-likeness (QED) is 0.571. The molecule has 0 saturated carbocycles. The summed E-state index contributed by atoms with van der Waals surface area (Å²) in [7, 11) is 0. The van der Waals surface area contributed by atoms with Crippen LogP contribution in [0.5, 0.6) is 0 Å². The maximum atomic E-state index is 11.1. The minimum absolute atomic E-state index is 0.00213. The molecule has 0 bridgehead atoms. The molecule has 1 aromatic carbocycles. The van der Waals surface area contributed by atoms with Crippen LogP contribution in [-0.4, -0.2) is 32.1 Å². The number of benzene rings is 1. The van der Waals surface area contributed by atoms with Crippen LogP contribution in [0.3, 0.4) is 0 Å². The molecular formula is C11H8N2O6. The number of nitro groups is 1. The molecule has 0 aliphatic carbocycles. The van der Waals surface area contributed by atoms with Crippen molar-refractivity contribution in [3.63, 3.8) is 0 Å². The lowest BCUT2D eigenvalue weighted by atomic mass is 10.1. The fraction of sp³-hybridized carbons (Fsp3) is 0.0909. The predicted molar refractivity (Wildman–Crippen MR) is 63.6 cm³/mol. The zero-order valence-electron chi connectivity index (χ0n) is 9.63. The van der Waals surface area contributed by atoms with E-state index in [1.165, 1.54) is 13.0 Å². The standard InChI is InChI=1S/C11H8N2O6/c1-4-7-6(12-8(4)11(16)17)3-2-5(10(14)15)9(7)13(18)19/h2-3,12H,1H3,(H,14,15)(H,16,17). The summed E-state index contributed by atoms with van der Waals surface area (Å²) in [5.74, 6) is -2.70. The molecule has 8 nitrogen and oxygen atoms in total. The Balaban J connectivity index is 2.96. The molecule has 0 amide bonds. The van der Waals surface area contributed by atoms with Gasteiger partial charge in [-0.2, -0.15) is 0 Å². The molecule has 19 heavy (non-hydrogen) atoms. The fourth-order valence-corrected chi connectivity index (χ4v) is 2.00. The number of hydrogen-bond donors (Lipinski definition) is 3. The first-order valence-corrected chi connectivity index (χ1v) is 5.10. The van der Waals surface area contributed by atoms with E-state index in [4.69, 9.17) is 10.2 Å². The molecule has 0 aliphatic rings. The summed E-state index contributed by atoms with van der Waals surface area (Å²) >= 11 is 0. The second-order valence-electron chi connectivity index (χ2n) is 3.88. The number of rotatable bonds is 3. The first-order valence-electron chi connectivity index (χ1n) is 5.10. The molecule has 98 valence electrons. The molecule has 0 saturated heterocycles. The molecule has 3 N–H and O–H groups in total. The third-order valence-electron chi connectivity index (χ3n) is 2.81. The Bertz CT molecular complexity index is 730. The van der Waals surface area contributed by atoms with Crippen molar-refractivity contribution >= 4 is 28.5 Å². The van der Waals surface area contributed by atoms with Crippen molar-refractivity contribution in [2.24, 2.45) is 0 Å². The molecular weight excluding hydrogens is 256 g/mol. The van der Waals surface area contributed by atoms with Crippen LogP contribution in [0.1, 0.15) is 26.4 Å². The molecule has 0 fully saturated rings. The van der Waals surface area contributed by atoms with Gasteiger partial charge in [0.15, 0.2) is 0 Å². The molecule has 0 atom stereocenters. The third-order valence-corrected chi connectivity index (χ3v) is 2.81. The van der Waals surface area contributed by atoms with Crippen LogP contribution >= 0.6 is 0 Å². The van der Waals surface area contributed by atoms with Crippen molar-refractivity contribution in [1.29, 1.82) is 0 Å². The molecule has 2 rings (SSSR count). The van der Waals surface area contributed by atoms with E-state index >= 15 is 0 Å². The second-order valence-corrected chi connectivity index (χ2v) is 3.88. The number of H-pyrrole nitrogens is 1. The Morgan fingerprint density at radius 3 is 2.37 bits per heavy atom. The highest BCUT2D eigenvalue weighted by molar-refractivity contribution is 6.07. The number of nitrogens with zero attached hydrogens (tertiary/aromatic N) is 1. The highest BCUT2D eigenvalue weighted by atomic mass is 16.6. The van der Waals surface area contributed by atoms with E-state index in [1.807, 2.05) is 0 Å². The molecule has 8 heteroatoms. The highest BCUT2D eigenvalue weighted by Gasteiger charge is 2.27. The summed E-state index contributed by atoms with van der Waals surface area (Å²) in [6, 6.07) is 2.38. The number of aromatic nitrogens is 1.